The first-order valence-electron chi connectivity index (χ1n) is 16.8. The topological polar surface area (TPSA) is 381 Å². The highest BCUT2D eigenvalue weighted by atomic mass is 32.2. The average molecular weight is 838 g/mol. The molecular formula is C32H45F2N7O15S. The molecule has 0 heterocycles. The average Bonchev–Trinajstić information content (AvgIpc) is 3.07. The van der Waals surface area contributed by atoms with Crippen LogP contribution in [-0.4, -0.2) is 118 Å². The highest BCUT2D eigenvalue weighted by Gasteiger charge is 2.46. The van der Waals surface area contributed by atoms with Crippen molar-refractivity contribution in [1.82, 2.24) is 26.6 Å². The lowest BCUT2D eigenvalue weighted by molar-refractivity contribution is -0.141. The van der Waals surface area contributed by atoms with Gasteiger partial charge in [0, 0.05) is 18.4 Å². The Bertz CT molecular complexity index is 1800. The van der Waals surface area contributed by atoms with E-state index >= 15 is 0 Å². The molecule has 25 heteroatoms. The number of benzene rings is 1. The first kappa shape index (κ1) is 49.2. The molecule has 0 aliphatic heterocycles. The molecule has 1 aromatic carbocycles. The van der Waals surface area contributed by atoms with Gasteiger partial charge in [0.15, 0.2) is 0 Å². The smallest absolute Gasteiger partial charge is 0.395 e. The lowest BCUT2D eigenvalue weighted by Crippen LogP contribution is -2.59. The van der Waals surface area contributed by atoms with Crippen LogP contribution >= 0.6 is 0 Å². The molecule has 1 rings (SSSR count). The summed E-state index contributed by atoms with van der Waals surface area (Å²) in [5.74, 6) is -11.7. The number of carboxylic acids is 3. The maximum absolute atomic E-state index is 14.2. The number of halogens is 2. The van der Waals surface area contributed by atoms with Gasteiger partial charge in [-0.05, 0) is 31.2 Å². The normalized spacial score (nSPS) is 14.7. The molecule has 22 nitrogen and oxygen atoms in total. The molecule has 0 saturated heterocycles. The number of primary amides is 1. The number of hydrogen-bond donors (Lipinski definition) is 11. The van der Waals surface area contributed by atoms with Crippen LogP contribution in [0.25, 0.3) is 0 Å². The molecule has 0 bridgehead atoms. The van der Waals surface area contributed by atoms with Crippen molar-refractivity contribution in [3.05, 3.63) is 35.4 Å². The van der Waals surface area contributed by atoms with Crippen LogP contribution in [-0.2, 0) is 64.9 Å². The monoisotopic (exact) mass is 837 g/mol. The summed E-state index contributed by atoms with van der Waals surface area (Å²) in [4.78, 5) is 111. The van der Waals surface area contributed by atoms with Gasteiger partial charge in [-0.3, -0.25) is 47.7 Å². The minimum absolute atomic E-state index is 0.00898. The van der Waals surface area contributed by atoms with Crippen LogP contribution in [0, 0.1) is 5.92 Å². The van der Waals surface area contributed by atoms with Gasteiger partial charge in [0.1, 0.15) is 30.2 Å². The second-order valence-electron chi connectivity index (χ2n) is 13.1. The maximum Gasteiger partial charge on any atom is 0.395 e. The van der Waals surface area contributed by atoms with E-state index in [1.807, 2.05) is 5.32 Å². The fourth-order valence-corrected chi connectivity index (χ4v) is 5.28. The summed E-state index contributed by atoms with van der Waals surface area (Å²) in [5, 5.41) is 33.6. The first-order chi connectivity index (χ1) is 26.2. The molecule has 57 heavy (non-hydrogen) atoms. The second-order valence-corrected chi connectivity index (χ2v) is 14.6. The molecule has 0 radical (unpaired) electrons. The lowest BCUT2D eigenvalue weighted by Gasteiger charge is -2.26. The molecule has 0 aromatic heterocycles. The van der Waals surface area contributed by atoms with Gasteiger partial charge in [-0.2, -0.15) is 17.2 Å². The molecule has 318 valence electrons. The van der Waals surface area contributed by atoms with Crippen molar-refractivity contribution in [1.29, 1.82) is 0 Å². The number of hydrogen-bond acceptors (Lipinski definition) is 12. The van der Waals surface area contributed by atoms with Crippen LogP contribution in [0.5, 0.6) is 0 Å². The number of nitrogens with two attached hydrogens (primary N) is 2. The van der Waals surface area contributed by atoms with E-state index in [1.165, 1.54) is 0 Å². The summed E-state index contributed by atoms with van der Waals surface area (Å²) < 4.78 is 59.6. The van der Waals surface area contributed by atoms with Crippen molar-refractivity contribution >= 4 is 63.5 Å². The Kier molecular flexibility index (Phi) is 18.5. The van der Waals surface area contributed by atoms with Crippen LogP contribution in [0.3, 0.4) is 0 Å². The van der Waals surface area contributed by atoms with E-state index in [9.17, 15) is 70.6 Å². The highest BCUT2D eigenvalue weighted by molar-refractivity contribution is 7.86. The Morgan fingerprint density at radius 2 is 1.16 bits per heavy atom. The van der Waals surface area contributed by atoms with Crippen molar-refractivity contribution < 1.29 is 80.2 Å². The Labute approximate surface area is 323 Å². The molecule has 0 saturated carbocycles. The minimum Gasteiger partial charge on any atom is -0.481 e. The number of carbonyl (C=O) groups is 9. The number of amides is 6. The van der Waals surface area contributed by atoms with Gasteiger partial charge in [0.25, 0.3) is 0 Å². The first-order valence-corrected chi connectivity index (χ1v) is 18.3. The Balaban J connectivity index is 3.47. The van der Waals surface area contributed by atoms with Crippen LogP contribution in [0.15, 0.2) is 24.3 Å². The molecule has 13 N–H and O–H groups in total. The van der Waals surface area contributed by atoms with Crippen molar-refractivity contribution in [3.8, 4) is 0 Å². The second kappa shape index (κ2) is 21.5. The number of alkyl halides is 2. The van der Waals surface area contributed by atoms with E-state index in [1.54, 1.807) is 13.8 Å². The van der Waals surface area contributed by atoms with Gasteiger partial charge >= 0.3 is 33.3 Å². The standard InChI is InChI=1S/C32H45F2N7O15S/c1-14(2)10-20(26(36)48)39-30(52)21(11-16-4-6-17(7-5-16)32(33,34)57(54,55)56)41-29(51)19(8-9-23(42)43)38-31(53)22(13-25(46)47)40-27(49)15(3)37-28(50)18(35)12-24(44)45/h4-7,14-15,18-22H,8-13,35H2,1-3H3,(H2,36,48)(H,37,50)(H,38,53)(H,39,52)(H,40,49)(H,41,51)(H,42,43)(H,44,45)(H,46,47)(H,54,55,56)/t15-,18-,19-,20-,21-,22-/m0/s1. The maximum atomic E-state index is 14.2. The third kappa shape index (κ3) is 16.4. The van der Waals surface area contributed by atoms with Gasteiger partial charge in [-0.25, -0.2) is 0 Å². The third-order valence-corrected chi connectivity index (χ3v) is 8.71. The zero-order chi connectivity index (χ0) is 44.0. The Morgan fingerprint density at radius 1 is 0.684 bits per heavy atom. The summed E-state index contributed by atoms with van der Waals surface area (Å²) in [6.45, 7) is 4.47. The molecule has 0 aliphatic rings. The number of carboxylic acid groups (broad SMARTS) is 3. The van der Waals surface area contributed by atoms with Gasteiger partial charge in [0.05, 0.1) is 18.9 Å². The minimum atomic E-state index is -5.89. The zero-order valence-corrected chi connectivity index (χ0v) is 31.5. The van der Waals surface area contributed by atoms with Gasteiger partial charge in [-0.1, -0.05) is 38.1 Å². The quantitative estimate of drug-likeness (QED) is 0.0471. The van der Waals surface area contributed by atoms with Crippen LogP contribution in [0.4, 0.5) is 8.78 Å². The van der Waals surface area contributed by atoms with Crippen molar-refractivity contribution in [2.24, 2.45) is 17.4 Å². The molecule has 0 spiro atoms. The van der Waals surface area contributed by atoms with E-state index in [4.69, 9.17) is 21.1 Å². The molecular weight excluding hydrogens is 792 g/mol. The lowest BCUT2D eigenvalue weighted by atomic mass is 10.00. The summed E-state index contributed by atoms with van der Waals surface area (Å²) in [6.07, 6.45) is -3.97. The number of rotatable bonds is 24. The third-order valence-electron chi connectivity index (χ3n) is 7.83. The fourth-order valence-electron chi connectivity index (χ4n) is 4.85. The van der Waals surface area contributed by atoms with E-state index in [-0.39, 0.29) is 17.9 Å². The summed E-state index contributed by atoms with van der Waals surface area (Å²) >= 11 is 0. The zero-order valence-electron chi connectivity index (χ0n) is 30.7. The van der Waals surface area contributed by atoms with E-state index in [0.717, 1.165) is 19.1 Å². The van der Waals surface area contributed by atoms with Crippen molar-refractivity contribution in [2.45, 2.75) is 101 Å². The van der Waals surface area contributed by atoms with Gasteiger partial charge in [0.2, 0.25) is 35.4 Å². The molecule has 0 fully saturated rings. The Hall–Kier alpha value is -5.82. The SMILES string of the molecule is CC(C)C[C@H](NC(=O)[C@H](Cc1ccc(C(F)(F)S(=O)(=O)O)cc1)NC(=O)[C@H](CCC(=O)O)NC(=O)[C@H](CC(=O)O)NC(=O)[C@H](C)NC(=O)[C@@H](N)CC(=O)O)C(N)=O. The van der Waals surface area contributed by atoms with Crippen LogP contribution in [0.2, 0.25) is 0 Å². The predicted molar refractivity (Wildman–Crippen MR) is 189 cm³/mol. The summed E-state index contributed by atoms with van der Waals surface area (Å²) in [6, 6.07) is -6.93. The van der Waals surface area contributed by atoms with Crippen molar-refractivity contribution in [3.63, 3.8) is 0 Å². The van der Waals surface area contributed by atoms with Crippen LogP contribution in [0.1, 0.15) is 64.0 Å². The predicted octanol–water partition coefficient (Wildman–Crippen LogP) is -2.72. The number of aliphatic carboxylic acids is 3. The molecule has 0 aliphatic carbocycles. The van der Waals surface area contributed by atoms with E-state index in [2.05, 4.69) is 21.3 Å². The molecule has 6 atom stereocenters. The highest BCUT2D eigenvalue weighted by Crippen LogP contribution is 2.33. The largest absolute Gasteiger partial charge is 0.481 e. The molecule has 6 amide bonds. The van der Waals surface area contributed by atoms with Gasteiger partial charge in [-0.15, -0.1) is 0 Å². The summed E-state index contributed by atoms with van der Waals surface area (Å²) in [5.41, 5.74) is 9.70. The van der Waals surface area contributed by atoms with E-state index < -0.39 is 143 Å². The summed E-state index contributed by atoms with van der Waals surface area (Å²) in [7, 11) is -5.89. The number of nitrogens with one attached hydrogen (secondary N) is 5. The van der Waals surface area contributed by atoms with Gasteiger partial charge < -0.3 is 53.4 Å². The molecule has 1 aromatic rings. The van der Waals surface area contributed by atoms with Crippen molar-refractivity contribution in [2.75, 3.05) is 0 Å². The molecule has 0 unspecified atom stereocenters. The fraction of sp³-hybridized carbons (Fsp3) is 0.531. The Morgan fingerprint density at radius 3 is 1.63 bits per heavy atom. The number of carbonyl (C=O) groups excluding carboxylic acids is 6. The van der Waals surface area contributed by atoms with Crippen LogP contribution < -0.4 is 38.1 Å². The van der Waals surface area contributed by atoms with E-state index in [0.29, 0.717) is 12.1 Å².